The first-order valence-corrected chi connectivity index (χ1v) is 13.2. The van der Waals surface area contributed by atoms with Gasteiger partial charge in [0, 0.05) is 43.5 Å². The minimum Gasteiger partial charge on any atom is -0.487 e. The van der Waals surface area contributed by atoms with Gasteiger partial charge in [-0.25, -0.2) is 4.79 Å². The Labute approximate surface area is 178 Å². The van der Waals surface area contributed by atoms with Crippen LogP contribution in [0.2, 0.25) is 18.1 Å². The zero-order valence-corrected chi connectivity index (χ0v) is 19.4. The zero-order valence-electron chi connectivity index (χ0n) is 18.4. The molecule has 2 aliphatic rings. The molecule has 9 heteroatoms. The van der Waals surface area contributed by atoms with E-state index in [2.05, 4.69) is 39.0 Å². The SMILES string of the molecule is CC(C)(C)[Si](C)(C)OC1CC2(CCN(C(=O)O)CC2)Oc2ccc(/C(N)=N\O)cc21. The van der Waals surface area contributed by atoms with Crippen molar-refractivity contribution in [3.05, 3.63) is 29.3 Å². The number of oxime groups is 1. The third kappa shape index (κ3) is 4.27. The highest BCUT2D eigenvalue weighted by Crippen LogP contribution is 2.49. The summed E-state index contributed by atoms with van der Waals surface area (Å²) in [6, 6.07) is 5.49. The highest BCUT2D eigenvalue weighted by Gasteiger charge is 2.47. The molecule has 1 saturated heterocycles. The van der Waals surface area contributed by atoms with E-state index in [9.17, 15) is 9.90 Å². The lowest BCUT2D eigenvalue weighted by Crippen LogP contribution is -2.53. The molecule has 8 nitrogen and oxygen atoms in total. The summed E-state index contributed by atoms with van der Waals surface area (Å²) < 4.78 is 13.3. The Balaban J connectivity index is 1.97. The number of piperidine rings is 1. The molecule has 0 radical (unpaired) electrons. The Morgan fingerprint density at radius 1 is 1.33 bits per heavy atom. The van der Waals surface area contributed by atoms with Crippen molar-refractivity contribution in [2.45, 2.75) is 69.9 Å². The van der Waals surface area contributed by atoms with E-state index < -0.39 is 20.0 Å². The molecule has 1 unspecified atom stereocenters. The van der Waals surface area contributed by atoms with Crippen molar-refractivity contribution >= 4 is 20.2 Å². The normalized spacial score (nSPS) is 21.8. The fourth-order valence-electron chi connectivity index (χ4n) is 3.88. The summed E-state index contributed by atoms with van der Waals surface area (Å²) >= 11 is 0. The van der Waals surface area contributed by atoms with E-state index >= 15 is 0 Å². The van der Waals surface area contributed by atoms with Crippen LogP contribution in [0.4, 0.5) is 4.79 Å². The second-order valence-corrected chi connectivity index (χ2v) is 14.6. The van der Waals surface area contributed by atoms with Gasteiger partial charge in [-0.2, -0.15) is 0 Å². The molecule has 4 N–H and O–H groups in total. The van der Waals surface area contributed by atoms with E-state index in [1.165, 1.54) is 4.90 Å². The van der Waals surface area contributed by atoms with Gasteiger partial charge in [0.25, 0.3) is 0 Å². The average Bonchev–Trinajstić information content (AvgIpc) is 2.66. The minimum absolute atomic E-state index is 0.0362. The van der Waals surface area contributed by atoms with Crippen LogP contribution in [-0.4, -0.2) is 54.2 Å². The second kappa shape index (κ2) is 7.77. The van der Waals surface area contributed by atoms with E-state index in [4.69, 9.17) is 20.1 Å². The average molecular weight is 436 g/mol. The molecule has 1 fully saturated rings. The Bertz CT molecular complexity index is 842. The second-order valence-electron chi connectivity index (χ2n) is 9.86. The molecule has 0 aromatic heterocycles. The molecular weight excluding hydrogens is 402 g/mol. The first-order chi connectivity index (χ1) is 13.9. The number of amides is 1. The van der Waals surface area contributed by atoms with Crippen LogP contribution in [0.25, 0.3) is 0 Å². The fourth-order valence-corrected chi connectivity index (χ4v) is 5.16. The molecule has 0 aliphatic carbocycles. The Kier molecular flexibility index (Phi) is 5.81. The highest BCUT2D eigenvalue weighted by atomic mass is 28.4. The quantitative estimate of drug-likeness (QED) is 0.216. The molecule has 30 heavy (non-hydrogen) atoms. The number of ether oxygens (including phenoxy) is 1. The van der Waals surface area contributed by atoms with E-state index in [-0.39, 0.29) is 17.0 Å². The summed E-state index contributed by atoms with van der Waals surface area (Å²) in [5, 5.41) is 21.5. The number of rotatable bonds is 3. The fraction of sp³-hybridized carbons (Fsp3) is 0.619. The number of carboxylic acid groups (broad SMARTS) is 1. The smallest absolute Gasteiger partial charge is 0.407 e. The molecule has 1 atom stereocenters. The number of fused-ring (bicyclic) bond motifs is 1. The maximum Gasteiger partial charge on any atom is 0.407 e. The summed E-state index contributed by atoms with van der Waals surface area (Å²) in [5.74, 6) is 0.766. The van der Waals surface area contributed by atoms with Crippen molar-refractivity contribution < 1.29 is 24.3 Å². The van der Waals surface area contributed by atoms with Crippen molar-refractivity contribution in [1.29, 1.82) is 0 Å². The number of amidine groups is 1. The first-order valence-electron chi connectivity index (χ1n) is 10.3. The number of benzene rings is 1. The maximum atomic E-state index is 11.3. The van der Waals surface area contributed by atoms with Crippen LogP contribution in [0.3, 0.4) is 0 Å². The summed E-state index contributed by atoms with van der Waals surface area (Å²) in [5.41, 5.74) is 6.87. The number of nitrogens with two attached hydrogens (primary N) is 1. The van der Waals surface area contributed by atoms with E-state index in [1.54, 1.807) is 6.07 Å². The molecule has 2 aliphatic heterocycles. The van der Waals surface area contributed by atoms with Crippen molar-refractivity contribution in [3.63, 3.8) is 0 Å². The van der Waals surface area contributed by atoms with Crippen LogP contribution in [0.1, 0.15) is 57.3 Å². The summed E-state index contributed by atoms with van der Waals surface area (Å²) in [7, 11) is -2.10. The Hall–Kier alpha value is -2.26. The number of nitrogens with zero attached hydrogens (tertiary/aromatic N) is 2. The van der Waals surface area contributed by atoms with Crippen molar-refractivity contribution in [2.75, 3.05) is 13.1 Å². The molecule has 166 valence electrons. The molecule has 1 aromatic carbocycles. The van der Waals surface area contributed by atoms with E-state index in [0.29, 0.717) is 37.9 Å². The summed E-state index contributed by atoms with van der Waals surface area (Å²) in [4.78, 5) is 12.8. The van der Waals surface area contributed by atoms with Gasteiger partial charge in [0.2, 0.25) is 0 Å². The van der Waals surface area contributed by atoms with Gasteiger partial charge >= 0.3 is 6.09 Å². The molecule has 2 heterocycles. The lowest BCUT2D eigenvalue weighted by molar-refractivity contribution is -0.0470. The molecule has 3 rings (SSSR count). The molecule has 1 amide bonds. The standard InChI is InChI=1S/C21H33N3O5Si/c1-20(2,3)30(4,5)29-17-13-21(8-10-24(11-9-21)19(25)26)28-16-7-6-14(12-15(16)17)18(22)23-27/h6-7,12,17,27H,8-11,13H2,1-5H3,(H2,22,23)(H,25,26). The van der Waals surface area contributed by atoms with Gasteiger partial charge in [-0.3, -0.25) is 0 Å². The van der Waals surface area contributed by atoms with Crippen molar-refractivity contribution in [1.82, 2.24) is 4.90 Å². The predicted octanol–water partition coefficient (Wildman–Crippen LogP) is 4.14. The monoisotopic (exact) mass is 435 g/mol. The van der Waals surface area contributed by atoms with Gasteiger partial charge < -0.3 is 30.1 Å². The Morgan fingerprint density at radius 2 is 1.97 bits per heavy atom. The lowest BCUT2D eigenvalue weighted by Gasteiger charge is -2.48. The van der Waals surface area contributed by atoms with Crippen LogP contribution in [0.15, 0.2) is 23.4 Å². The molecule has 0 bridgehead atoms. The van der Waals surface area contributed by atoms with Crippen LogP contribution in [0, 0.1) is 0 Å². The van der Waals surface area contributed by atoms with Gasteiger partial charge in [-0.15, -0.1) is 0 Å². The van der Waals surface area contributed by atoms with Crippen molar-refractivity contribution in [2.24, 2.45) is 10.9 Å². The van der Waals surface area contributed by atoms with Crippen LogP contribution in [0.5, 0.6) is 5.75 Å². The number of carbonyl (C=O) groups is 1. The largest absolute Gasteiger partial charge is 0.487 e. The first kappa shape index (κ1) is 22.4. The van der Waals surface area contributed by atoms with Gasteiger partial charge in [0.15, 0.2) is 14.2 Å². The lowest BCUT2D eigenvalue weighted by atomic mass is 9.81. The minimum atomic E-state index is -2.10. The third-order valence-electron chi connectivity index (χ3n) is 6.83. The highest BCUT2D eigenvalue weighted by molar-refractivity contribution is 6.74. The van der Waals surface area contributed by atoms with Crippen LogP contribution in [-0.2, 0) is 4.43 Å². The molecular formula is C21H33N3O5Si. The van der Waals surface area contributed by atoms with Gasteiger partial charge in [-0.1, -0.05) is 25.9 Å². The van der Waals surface area contributed by atoms with Gasteiger partial charge in [-0.05, 0) is 36.3 Å². The molecule has 1 aromatic rings. The summed E-state index contributed by atoms with van der Waals surface area (Å²) in [6.45, 7) is 11.9. The van der Waals surface area contributed by atoms with Crippen LogP contribution >= 0.6 is 0 Å². The maximum absolute atomic E-state index is 11.3. The zero-order chi connectivity index (χ0) is 22.3. The number of hydrogen-bond acceptors (Lipinski definition) is 5. The molecule has 0 saturated carbocycles. The van der Waals surface area contributed by atoms with E-state index in [1.807, 2.05) is 12.1 Å². The van der Waals surface area contributed by atoms with Gasteiger partial charge in [0.1, 0.15) is 11.4 Å². The summed E-state index contributed by atoms with van der Waals surface area (Å²) in [6.07, 6.45) is 0.812. The van der Waals surface area contributed by atoms with Crippen LogP contribution < -0.4 is 10.5 Å². The number of hydrogen-bond donors (Lipinski definition) is 3. The number of likely N-dealkylation sites (tertiary alicyclic amines) is 1. The molecule has 1 spiro atoms. The third-order valence-corrected chi connectivity index (χ3v) is 11.3. The van der Waals surface area contributed by atoms with E-state index in [0.717, 1.165) is 11.3 Å². The topological polar surface area (TPSA) is 118 Å². The van der Waals surface area contributed by atoms with Crippen molar-refractivity contribution in [3.8, 4) is 5.75 Å². The predicted molar refractivity (Wildman–Crippen MR) is 117 cm³/mol. The Morgan fingerprint density at radius 3 is 2.50 bits per heavy atom. The van der Waals surface area contributed by atoms with Gasteiger partial charge in [0.05, 0.1) is 6.10 Å².